The van der Waals surface area contributed by atoms with Gasteiger partial charge in [-0.3, -0.25) is 5.10 Å². The van der Waals surface area contributed by atoms with Crippen molar-refractivity contribution in [2.45, 2.75) is 32.2 Å². The van der Waals surface area contributed by atoms with Gasteiger partial charge in [0.25, 0.3) is 0 Å². The molecule has 0 saturated heterocycles. The summed E-state index contributed by atoms with van der Waals surface area (Å²) in [6.07, 6.45) is 0.771. The van der Waals surface area contributed by atoms with Crippen molar-refractivity contribution < 1.29 is 0 Å². The number of nitrogens with two attached hydrogens (primary N) is 1. The van der Waals surface area contributed by atoms with Crippen LogP contribution in [0.15, 0.2) is 30.3 Å². The van der Waals surface area contributed by atoms with Crippen molar-refractivity contribution in [2.75, 3.05) is 0 Å². The van der Waals surface area contributed by atoms with Gasteiger partial charge in [-0.05, 0) is 12.0 Å². The number of H-pyrrole nitrogens is 1. The second-order valence-corrected chi connectivity index (χ2v) is 4.53. The van der Waals surface area contributed by atoms with Crippen molar-refractivity contribution in [1.82, 2.24) is 15.2 Å². The third-order valence-corrected chi connectivity index (χ3v) is 2.69. The van der Waals surface area contributed by atoms with E-state index in [1.807, 2.05) is 18.2 Å². The number of rotatable bonds is 4. The number of benzene rings is 1. The Kier molecular flexibility index (Phi) is 5.31. The second kappa shape index (κ2) is 6.52. The summed E-state index contributed by atoms with van der Waals surface area (Å²) in [4.78, 5) is 4.41. The zero-order valence-electron chi connectivity index (χ0n) is 10.6. The average Bonchev–Trinajstić information content (AvgIpc) is 2.79. The van der Waals surface area contributed by atoms with Crippen molar-refractivity contribution in [1.29, 1.82) is 0 Å². The smallest absolute Gasteiger partial charge is 0.153 e. The monoisotopic (exact) mass is 266 g/mol. The lowest BCUT2D eigenvalue weighted by atomic mass is 10.1. The molecule has 0 aliphatic heterocycles. The first kappa shape index (κ1) is 14.7. The van der Waals surface area contributed by atoms with E-state index in [-0.39, 0.29) is 18.4 Å². The third-order valence-electron chi connectivity index (χ3n) is 2.69. The van der Waals surface area contributed by atoms with Crippen molar-refractivity contribution in [3.63, 3.8) is 0 Å². The molecule has 0 aliphatic rings. The molecule has 4 nitrogen and oxygen atoms in total. The molecule has 0 bridgehead atoms. The maximum Gasteiger partial charge on any atom is 0.153 e. The normalized spacial score (nSPS) is 12.2. The van der Waals surface area contributed by atoms with E-state index >= 15 is 0 Å². The first-order chi connectivity index (χ1) is 8.16. The molecule has 5 heteroatoms. The summed E-state index contributed by atoms with van der Waals surface area (Å²) in [7, 11) is 0. The number of aromatic nitrogens is 3. The molecule has 2 aromatic rings. The van der Waals surface area contributed by atoms with Gasteiger partial charge in [-0.2, -0.15) is 5.10 Å². The highest BCUT2D eigenvalue weighted by atomic mass is 35.5. The van der Waals surface area contributed by atoms with Crippen LogP contribution >= 0.6 is 12.4 Å². The largest absolute Gasteiger partial charge is 0.321 e. The molecule has 1 atom stereocenters. The zero-order valence-corrected chi connectivity index (χ0v) is 11.4. The molecule has 98 valence electrons. The van der Waals surface area contributed by atoms with E-state index in [9.17, 15) is 0 Å². The predicted octanol–water partition coefficient (Wildman–Crippen LogP) is 2.59. The quantitative estimate of drug-likeness (QED) is 0.894. The molecule has 0 saturated carbocycles. The van der Waals surface area contributed by atoms with Gasteiger partial charge in [-0.25, -0.2) is 4.98 Å². The molecule has 18 heavy (non-hydrogen) atoms. The fourth-order valence-electron chi connectivity index (χ4n) is 1.68. The minimum atomic E-state index is -0.127. The maximum atomic E-state index is 6.11. The van der Waals surface area contributed by atoms with Gasteiger partial charge in [0.05, 0.1) is 6.04 Å². The van der Waals surface area contributed by atoms with Crippen LogP contribution in [0.3, 0.4) is 0 Å². The number of nitrogens with zero attached hydrogens (tertiary/aromatic N) is 2. The van der Waals surface area contributed by atoms with E-state index in [0.717, 1.165) is 18.1 Å². The molecule has 0 aliphatic carbocycles. The molecule has 1 aromatic carbocycles. The first-order valence-corrected chi connectivity index (χ1v) is 5.88. The van der Waals surface area contributed by atoms with E-state index in [0.29, 0.717) is 5.92 Å². The fourth-order valence-corrected chi connectivity index (χ4v) is 1.68. The molecule has 0 amide bonds. The van der Waals surface area contributed by atoms with Crippen LogP contribution in [0.5, 0.6) is 0 Å². The van der Waals surface area contributed by atoms with E-state index in [4.69, 9.17) is 5.73 Å². The van der Waals surface area contributed by atoms with E-state index in [2.05, 4.69) is 41.2 Å². The van der Waals surface area contributed by atoms with Gasteiger partial charge in [-0.15, -0.1) is 12.4 Å². The number of halogens is 1. The lowest BCUT2D eigenvalue weighted by Crippen LogP contribution is -2.15. The highest BCUT2D eigenvalue weighted by Crippen LogP contribution is 2.15. The Balaban J connectivity index is 0.00000162. The lowest BCUT2D eigenvalue weighted by molar-refractivity contribution is 0.669. The van der Waals surface area contributed by atoms with Gasteiger partial charge in [0.2, 0.25) is 0 Å². The van der Waals surface area contributed by atoms with Crippen LogP contribution in [-0.2, 0) is 6.42 Å². The highest BCUT2D eigenvalue weighted by molar-refractivity contribution is 5.85. The van der Waals surface area contributed by atoms with E-state index < -0.39 is 0 Å². The molecule has 3 N–H and O–H groups in total. The number of nitrogens with one attached hydrogen (secondary N) is 1. The summed E-state index contributed by atoms with van der Waals surface area (Å²) >= 11 is 0. The van der Waals surface area contributed by atoms with Crippen molar-refractivity contribution in [3.8, 4) is 0 Å². The molecular formula is C13H19ClN4. The van der Waals surface area contributed by atoms with Crippen molar-refractivity contribution >= 4 is 12.4 Å². The van der Waals surface area contributed by atoms with Gasteiger partial charge in [0.15, 0.2) is 5.82 Å². The van der Waals surface area contributed by atoms with Crippen LogP contribution in [0.2, 0.25) is 0 Å². The highest BCUT2D eigenvalue weighted by Gasteiger charge is 2.13. The topological polar surface area (TPSA) is 67.6 Å². The molecule has 0 radical (unpaired) electrons. The Hall–Kier alpha value is -1.39. The summed E-state index contributed by atoms with van der Waals surface area (Å²) in [5.41, 5.74) is 7.32. The number of aromatic amines is 1. The Morgan fingerprint density at radius 3 is 2.44 bits per heavy atom. The van der Waals surface area contributed by atoms with Gasteiger partial charge < -0.3 is 5.73 Å². The first-order valence-electron chi connectivity index (χ1n) is 5.88. The molecule has 1 unspecified atom stereocenters. The van der Waals surface area contributed by atoms with Crippen LogP contribution in [0.25, 0.3) is 0 Å². The fraction of sp³-hybridized carbons (Fsp3) is 0.385. The Labute approximate surface area is 113 Å². The Morgan fingerprint density at radius 1 is 1.22 bits per heavy atom. The van der Waals surface area contributed by atoms with Gasteiger partial charge >= 0.3 is 0 Å². The molecule has 2 rings (SSSR count). The number of hydrogen-bond acceptors (Lipinski definition) is 3. The molecule has 1 heterocycles. The minimum absolute atomic E-state index is 0. The zero-order chi connectivity index (χ0) is 12.3. The Bertz CT molecular complexity index is 467. The molecular weight excluding hydrogens is 248 g/mol. The van der Waals surface area contributed by atoms with Crippen LogP contribution in [-0.4, -0.2) is 15.2 Å². The summed E-state index contributed by atoms with van der Waals surface area (Å²) in [6.45, 7) is 4.13. The molecule has 0 fully saturated rings. The minimum Gasteiger partial charge on any atom is -0.321 e. The summed E-state index contributed by atoms with van der Waals surface area (Å²) in [6, 6.07) is 10.0. The van der Waals surface area contributed by atoms with E-state index in [1.54, 1.807) is 0 Å². The Morgan fingerprint density at radius 2 is 1.89 bits per heavy atom. The standard InChI is InChI=1S/C13H18N4.ClH/c1-9(2)12-15-13(17-16-12)11(14)8-10-6-4-3-5-7-10;/h3-7,9,11H,8,14H2,1-2H3,(H,15,16,17);1H. The van der Waals surface area contributed by atoms with Crippen molar-refractivity contribution in [3.05, 3.63) is 47.5 Å². The van der Waals surface area contributed by atoms with Crippen LogP contribution in [0.1, 0.15) is 43.0 Å². The molecule has 1 aromatic heterocycles. The van der Waals surface area contributed by atoms with Gasteiger partial charge in [-0.1, -0.05) is 44.2 Å². The predicted molar refractivity (Wildman–Crippen MR) is 74.8 cm³/mol. The second-order valence-electron chi connectivity index (χ2n) is 4.53. The number of hydrogen-bond donors (Lipinski definition) is 2. The third kappa shape index (κ3) is 3.55. The van der Waals surface area contributed by atoms with Crippen LogP contribution in [0.4, 0.5) is 0 Å². The molecule has 0 spiro atoms. The average molecular weight is 267 g/mol. The lowest BCUT2D eigenvalue weighted by Gasteiger charge is -2.07. The SMILES string of the molecule is CC(C)c1n[nH]c(C(N)Cc2ccccc2)n1.Cl. The van der Waals surface area contributed by atoms with Crippen molar-refractivity contribution in [2.24, 2.45) is 5.73 Å². The van der Waals surface area contributed by atoms with E-state index in [1.165, 1.54) is 5.56 Å². The van der Waals surface area contributed by atoms with Crippen LogP contribution < -0.4 is 5.73 Å². The van der Waals surface area contributed by atoms with Gasteiger partial charge in [0, 0.05) is 5.92 Å². The summed E-state index contributed by atoms with van der Waals surface area (Å²) < 4.78 is 0. The summed E-state index contributed by atoms with van der Waals surface area (Å²) in [5.74, 6) is 1.91. The summed E-state index contributed by atoms with van der Waals surface area (Å²) in [5, 5.41) is 7.08. The van der Waals surface area contributed by atoms with Crippen LogP contribution in [0, 0.1) is 0 Å². The maximum absolute atomic E-state index is 6.11. The van der Waals surface area contributed by atoms with Gasteiger partial charge in [0.1, 0.15) is 5.82 Å².